The summed E-state index contributed by atoms with van der Waals surface area (Å²) >= 11 is 12.7. The smallest absolute Gasteiger partial charge is 0.475 e. The number of alkyl halides is 3. The van der Waals surface area contributed by atoms with Gasteiger partial charge in [0.2, 0.25) is 0 Å². The highest BCUT2D eigenvalue weighted by Crippen LogP contribution is 2.43. The molecule has 1 saturated heterocycles. The SMILES string of the molecule is C=CCN1c2c(cc(Cl)c3c(Cl)c[nH]c23)CN(CC2CCCNC2)S1(=O)=O.O=C(O)C(F)(F)F. The first-order valence-electron chi connectivity index (χ1n) is 10.3. The molecule has 188 valence electrons. The van der Waals surface area contributed by atoms with Crippen LogP contribution in [0, 0.1) is 5.92 Å². The van der Waals surface area contributed by atoms with Crippen molar-refractivity contribution in [1.82, 2.24) is 14.6 Å². The highest BCUT2D eigenvalue weighted by atomic mass is 35.5. The first-order valence-corrected chi connectivity index (χ1v) is 12.4. The van der Waals surface area contributed by atoms with E-state index in [4.69, 9.17) is 33.1 Å². The van der Waals surface area contributed by atoms with Gasteiger partial charge in [-0.2, -0.15) is 25.9 Å². The van der Waals surface area contributed by atoms with Gasteiger partial charge in [0, 0.05) is 24.7 Å². The summed E-state index contributed by atoms with van der Waals surface area (Å²) in [4.78, 5) is 12.0. The molecular weight excluding hydrogens is 520 g/mol. The van der Waals surface area contributed by atoms with Gasteiger partial charge in [0.05, 0.1) is 27.8 Å². The summed E-state index contributed by atoms with van der Waals surface area (Å²) in [6.07, 6.45) is 0.243. The zero-order valence-corrected chi connectivity index (χ0v) is 20.2. The van der Waals surface area contributed by atoms with Crippen molar-refractivity contribution in [3.63, 3.8) is 0 Å². The maximum Gasteiger partial charge on any atom is 0.490 e. The first-order chi connectivity index (χ1) is 15.9. The van der Waals surface area contributed by atoms with E-state index in [1.54, 1.807) is 16.6 Å². The Morgan fingerprint density at radius 1 is 1.32 bits per heavy atom. The molecule has 3 N–H and O–H groups in total. The summed E-state index contributed by atoms with van der Waals surface area (Å²) in [6, 6.07) is 1.83. The molecule has 1 fully saturated rings. The number of fused-ring (bicyclic) bond motifs is 3. The normalized spacial score (nSPS) is 20.4. The van der Waals surface area contributed by atoms with Crippen LogP contribution in [0.15, 0.2) is 24.9 Å². The molecule has 0 spiro atoms. The van der Waals surface area contributed by atoms with Gasteiger partial charge in [-0.3, -0.25) is 4.31 Å². The Balaban J connectivity index is 0.000000406. The first kappa shape index (κ1) is 26.6. The average molecular weight is 543 g/mol. The number of hydrogen-bond acceptors (Lipinski definition) is 4. The maximum atomic E-state index is 13.4. The van der Waals surface area contributed by atoms with Gasteiger partial charge in [0.25, 0.3) is 0 Å². The van der Waals surface area contributed by atoms with E-state index in [1.807, 2.05) is 6.07 Å². The van der Waals surface area contributed by atoms with E-state index in [2.05, 4.69) is 16.9 Å². The predicted molar refractivity (Wildman–Crippen MR) is 124 cm³/mol. The van der Waals surface area contributed by atoms with Gasteiger partial charge >= 0.3 is 22.4 Å². The topological polar surface area (TPSA) is 106 Å². The fraction of sp³-hybridized carbons (Fsp3) is 0.450. The van der Waals surface area contributed by atoms with E-state index in [0.29, 0.717) is 45.6 Å². The van der Waals surface area contributed by atoms with Crippen LogP contribution in [0.4, 0.5) is 18.9 Å². The monoisotopic (exact) mass is 542 g/mol. The second-order valence-corrected chi connectivity index (χ2v) is 10.6. The van der Waals surface area contributed by atoms with Crippen molar-refractivity contribution in [3.8, 4) is 0 Å². The molecule has 0 bridgehead atoms. The number of aromatic nitrogens is 1. The number of H-pyrrole nitrogens is 1. The zero-order valence-electron chi connectivity index (χ0n) is 17.8. The van der Waals surface area contributed by atoms with Crippen LogP contribution in [0.5, 0.6) is 0 Å². The van der Waals surface area contributed by atoms with Crippen LogP contribution in [0.25, 0.3) is 10.9 Å². The fourth-order valence-electron chi connectivity index (χ4n) is 4.03. The van der Waals surface area contributed by atoms with Gasteiger partial charge in [-0.05, 0) is 43.5 Å². The number of carboxylic acid groups (broad SMARTS) is 1. The average Bonchev–Trinajstić information content (AvgIpc) is 3.14. The molecule has 3 heterocycles. The van der Waals surface area contributed by atoms with E-state index < -0.39 is 22.4 Å². The van der Waals surface area contributed by atoms with Crippen LogP contribution in [-0.2, 0) is 21.5 Å². The molecule has 0 amide bonds. The van der Waals surface area contributed by atoms with Crippen LogP contribution in [-0.4, -0.2) is 61.1 Å². The standard InChI is InChI=1S/C18H22Cl2N4O2S.C2HF3O2/c1-2-6-24-18-13(7-14(19)16-15(20)9-22-17(16)18)11-23(27(24,25)26)10-12-4-3-5-21-8-12;3-2(4,5)1(6)7/h2,7,9,12,21-22H,1,3-6,8,10-11H2;(H,6,7). The fourth-order valence-corrected chi connectivity index (χ4v) is 6.38. The number of halogens is 5. The number of carboxylic acids is 1. The molecule has 0 aliphatic carbocycles. The molecule has 2 aliphatic heterocycles. The van der Waals surface area contributed by atoms with Crippen molar-refractivity contribution >= 4 is 56.0 Å². The minimum Gasteiger partial charge on any atom is -0.475 e. The molecule has 0 saturated carbocycles. The molecular formula is C20H23Cl2F3N4O4S. The Kier molecular flexibility index (Phi) is 8.08. The van der Waals surface area contributed by atoms with E-state index in [9.17, 15) is 21.6 Å². The maximum absolute atomic E-state index is 13.4. The molecule has 2 aromatic rings. The summed E-state index contributed by atoms with van der Waals surface area (Å²) in [5, 5.41) is 12.1. The Morgan fingerprint density at radius 3 is 2.56 bits per heavy atom. The quantitative estimate of drug-likeness (QED) is 0.503. The number of aromatic amines is 1. The number of aliphatic carboxylic acids is 1. The van der Waals surface area contributed by atoms with Crippen molar-refractivity contribution in [3.05, 3.63) is 40.5 Å². The second kappa shape index (κ2) is 10.3. The van der Waals surface area contributed by atoms with Gasteiger partial charge in [-0.1, -0.05) is 29.3 Å². The summed E-state index contributed by atoms with van der Waals surface area (Å²) in [5.74, 6) is -2.45. The number of piperidine rings is 1. The van der Waals surface area contributed by atoms with Crippen molar-refractivity contribution in [2.45, 2.75) is 25.6 Å². The van der Waals surface area contributed by atoms with E-state index >= 15 is 0 Å². The molecule has 8 nitrogen and oxygen atoms in total. The van der Waals surface area contributed by atoms with Gasteiger partial charge in [0.15, 0.2) is 0 Å². The van der Waals surface area contributed by atoms with Gasteiger partial charge in [-0.15, -0.1) is 6.58 Å². The summed E-state index contributed by atoms with van der Waals surface area (Å²) in [6.45, 7) is 6.55. The summed E-state index contributed by atoms with van der Waals surface area (Å²) in [7, 11) is -3.67. The van der Waals surface area contributed by atoms with Crippen molar-refractivity contribution in [1.29, 1.82) is 0 Å². The van der Waals surface area contributed by atoms with Crippen LogP contribution >= 0.6 is 23.2 Å². The van der Waals surface area contributed by atoms with Crippen LogP contribution in [0.2, 0.25) is 10.0 Å². The molecule has 34 heavy (non-hydrogen) atoms. The van der Waals surface area contributed by atoms with Crippen molar-refractivity contribution < 1.29 is 31.5 Å². The minimum atomic E-state index is -5.08. The number of anilines is 1. The Bertz CT molecular complexity index is 1180. The number of nitrogens with zero attached hydrogens (tertiary/aromatic N) is 2. The van der Waals surface area contributed by atoms with Crippen LogP contribution in [0.3, 0.4) is 0 Å². The molecule has 2 aliphatic rings. The third-order valence-electron chi connectivity index (χ3n) is 5.51. The van der Waals surface area contributed by atoms with Crippen molar-refractivity contribution in [2.75, 3.05) is 30.5 Å². The largest absolute Gasteiger partial charge is 0.490 e. The lowest BCUT2D eigenvalue weighted by Crippen LogP contribution is -2.50. The van der Waals surface area contributed by atoms with Crippen LogP contribution < -0.4 is 9.62 Å². The number of hydrogen-bond donors (Lipinski definition) is 3. The second-order valence-electron chi connectivity index (χ2n) is 7.89. The van der Waals surface area contributed by atoms with Gasteiger partial charge in [0.1, 0.15) is 0 Å². The number of rotatable bonds is 4. The molecule has 1 unspecified atom stereocenters. The van der Waals surface area contributed by atoms with Crippen LogP contribution in [0.1, 0.15) is 18.4 Å². The molecule has 4 rings (SSSR count). The minimum absolute atomic E-state index is 0.183. The number of benzene rings is 1. The highest BCUT2D eigenvalue weighted by molar-refractivity contribution is 7.90. The summed E-state index contributed by atoms with van der Waals surface area (Å²) in [5.41, 5.74) is 2.12. The third-order valence-corrected chi connectivity index (χ3v) is 7.93. The van der Waals surface area contributed by atoms with E-state index in [-0.39, 0.29) is 6.54 Å². The summed E-state index contributed by atoms with van der Waals surface area (Å²) < 4.78 is 61.5. The molecule has 14 heteroatoms. The molecule has 0 radical (unpaired) electrons. The Hall–Kier alpha value is -1.99. The predicted octanol–water partition coefficient (Wildman–Crippen LogP) is 4.16. The zero-order chi connectivity index (χ0) is 25.3. The molecule has 1 atom stereocenters. The highest BCUT2D eigenvalue weighted by Gasteiger charge is 2.39. The number of carbonyl (C=O) groups is 1. The molecule has 1 aromatic carbocycles. The third kappa shape index (κ3) is 5.46. The van der Waals surface area contributed by atoms with E-state index in [0.717, 1.165) is 31.5 Å². The Labute approximate surface area is 204 Å². The lowest BCUT2D eigenvalue weighted by molar-refractivity contribution is -0.192. The lowest BCUT2D eigenvalue weighted by Gasteiger charge is -2.39. The molecule has 1 aromatic heterocycles. The van der Waals surface area contributed by atoms with Gasteiger partial charge < -0.3 is 15.4 Å². The lowest BCUT2D eigenvalue weighted by atomic mass is 9.99. The number of nitrogens with one attached hydrogen (secondary N) is 2. The van der Waals surface area contributed by atoms with Crippen molar-refractivity contribution in [2.24, 2.45) is 5.92 Å². The van der Waals surface area contributed by atoms with Gasteiger partial charge in [-0.25, -0.2) is 4.79 Å². The Morgan fingerprint density at radius 2 is 2.00 bits per heavy atom. The van der Waals surface area contributed by atoms with E-state index in [1.165, 1.54) is 4.31 Å².